The molecule has 1 saturated heterocycles. The fourth-order valence-electron chi connectivity index (χ4n) is 2.73. The van der Waals surface area contributed by atoms with E-state index in [1.807, 2.05) is 6.07 Å². The number of carbonyl (C=O) groups is 3. The van der Waals surface area contributed by atoms with Gasteiger partial charge in [0.1, 0.15) is 17.1 Å². The molecule has 1 aliphatic rings. The van der Waals surface area contributed by atoms with Crippen LogP contribution in [0.25, 0.3) is 0 Å². The van der Waals surface area contributed by atoms with Crippen LogP contribution in [0.4, 0.5) is 4.79 Å². The monoisotopic (exact) mass is 354 g/mol. The van der Waals surface area contributed by atoms with Gasteiger partial charge in [-0.15, -0.1) is 0 Å². The van der Waals surface area contributed by atoms with Crippen molar-refractivity contribution in [2.45, 2.75) is 59.1 Å². The zero-order valence-electron chi connectivity index (χ0n) is 15.5. The summed E-state index contributed by atoms with van der Waals surface area (Å²) in [4.78, 5) is 38.4. The van der Waals surface area contributed by atoms with Gasteiger partial charge in [-0.3, -0.25) is 9.69 Å². The Hall–Kier alpha value is -2.30. The molecule has 140 valence electrons. The van der Waals surface area contributed by atoms with E-state index < -0.39 is 35.1 Å². The van der Waals surface area contributed by atoms with E-state index >= 15 is 0 Å². The third-order valence-electron chi connectivity index (χ3n) is 3.75. The first-order chi connectivity index (χ1) is 11.6. The smallest absolute Gasteiger partial charge is 0.411 e. The lowest BCUT2D eigenvalue weighted by molar-refractivity contribution is -0.154. The minimum Gasteiger partial charge on any atom is -0.465 e. The standard InChI is InChI=1S/C17H26N2O6/c1-6-23-13(20)12-10-17(8-9-18,14(21)24-7-2)11-19(12)15(22)25-16(3,4)5/h12H,6-8,10-11H2,1-5H3/t12-,17-/m0/s1. The van der Waals surface area contributed by atoms with E-state index in [0.29, 0.717) is 0 Å². The van der Waals surface area contributed by atoms with Crippen LogP contribution < -0.4 is 0 Å². The Morgan fingerprint density at radius 2 is 1.80 bits per heavy atom. The largest absolute Gasteiger partial charge is 0.465 e. The van der Waals surface area contributed by atoms with Gasteiger partial charge in [0, 0.05) is 6.54 Å². The number of likely N-dealkylation sites (tertiary alicyclic amines) is 1. The molecule has 0 bridgehead atoms. The van der Waals surface area contributed by atoms with Crippen molar-refractivity contribution >= 4 is 18.0 Å². The Labute approximate surface area is 148 Å². The van der Waals surface area contributed by atoms with Crippen molar-refractivity contribution in [2.75, 3.05) is 19.8 Å². The van der Waals surface area contributed by atoms with Crippen molar-refractivity contribution in [2.24, 2.45) is 5.41 Å². The van der Waals surface area contributed by atoms with Crippen LogP contribution in [-0.2, 0) is 23.8 Å². The van der Waals surface area contributed by atoms with Crippen LogP contribution in [0.2, 0.25) is 0 Å². The third-order valence-corrected chi connectivity index (χ3v) is 3.75. The summed E-state index contributed by atoms with van der Waals surface area (Å²) in [6, 6.07) is 0.964. The molecule has 0 aromatic carbocycles. The molecule has 8 nitrogen and oxygen atoms in total. The molecule has 0 aromatic rings. The summed E-state index contributed by atoms with van der Waals surface area (Å²) < 4.78 is 15.4. The van der Waals surface area contributed by atoms with E-state index in [4.69, 9.17) is 19.5 Å². The summed E-state index contributed by atoms with van der Waals surface area (Å²) in [6.07, 6.45) is -0.923. The second kappa shape index (κ2) is 8.19. The van der Waals surface area contributed by atoms with Crippen LogP contribution in [0.1, 0.15) is 47.5 Å². The molecule has 1 rings (SSSR count). The molecule has 0 spiro atoms. The summed E-state index contributed by atoms with van der Waals surface area (Å²) in [5.74, 6) is -1.23. The van der Waals surface area contributed by atoms with E-state index in [1.165, 1.54) is 0 Å². The van der Waals surface area contributed by atoms with Crippen molar-refractivity contribution < 1.29 is 28.6 Å². The van der Waals surface area contributed by atoms with E-state index in [2.05, 4.69) is 0 Å². The number of esters is 2. The van der Waals surface area contributed by atoms with Gasteiger partial charge in [-0.05, 0) is 41.0 Å². The van der Waals surface area contributed by atoms with Crippen molar-refractivity contribution in [1.82, 2.24) is 4.90 Å². The Balaban J connectivity index is 3.18. The van der Waals surface area contributed by atoms with Crippen LogP contribution in [0.3, 0.4) is 0 Å². The van der Waals surface area contributed by atoms with Crippen LogP contribution in [0, 0.1) is 16.7 Å². The maximum atomic E-state index is 12.5. The Morgan fingerprint density at radius 1 is 1.20 bits per heavy atom. The van der Waals surface area contributed by atoms with E-state index in [0.717, 1.165) is 4.90 Å². The topological polar surface area (TPSA) is 106 Å². The molecule has 8 heteroatoms. The molecule has 0 radical (unpaired) electrons. The molecule has 0 aromatic heterocycles. The second-order valence-corrected chi connectivity index (χ2v) is 6.92. The number of rotatable bonds is 5. The maximum Gasteiger partial charge on any atom is 0.411 e. The van der Waals surface area contributed by atoms with Crippen LogP contribution in [-0.4, -0.2) is 54.3 Å². The lowest BCUT2D eigenvalue weighted by atomic mass is 9.82. The van der Waals surface area contributed by atoms with E-state index in [-0.39, 0.29) is 32.6 Å². The zero-order chi connectivity index (χ0) is 19.3. The van der Waals surface area contributed by atoms with Gasteiger partial charge in [-0.1, -0.05) is 0 Å². The molecule has 1 heterocycles. The van der Waals surface area contributed by atoms with Gasteiger partial charge in [0.15, 0.2) is 0 Å². The highest BCUT2D eigenvalue weighted by molar-refractivity contribution is 5.87. The van der Waals surface area contributed by atoms with E-state index in [9.17, 15) is 14.4 Å². The number of hydrogen-bond acceptors (Lipinski definition) is 7. The molecule has 1 amide bonds. The highest BCUT2D eigenvalue weighted by Crippen LogP contribution is 2.40. The number of carbonyl (C=O) groups excluding carboxylic acids is 3. The molecule has 25 heavy (non-hydrogen) atoms. The Kier molecular flexibility index (Phi) is 6.79. The third kappa shape index (κ3) is 5.08. The fraction of sp³-hybridized carbons (Fsp3) is 0.765. The highest BCUT2D eigenvalue weighted by atomic mass is 16.6. The summed E-state index contributed by atoms with van der Waals surface area (Å²) in [6.45, 7) is 8.57. The molecule has 1 fully saturated rings. The first-order valence-corrected chi connectivity index (χ1v) is 8.30. The average Bonchev–Trinajstić information content (AvgIpc) is 2.88. The minimum atomic E-state index is -1.26. The highest BCUT2D eigenvalue weighted by Gasteiger charge is 2.55. The molecule has 0 aliphatic carbocycles. The predicted octanol–water partition coefficient (Wildman–Crippen LogP) is 2.02. The number of nitrogens with zero attached hydrogens (tertiary/aromatic N) is 2. The normalized spacial score (nSPS) is 22.9. The molecular formula is C17H26N2O6. The van der Waals surface area contributed by atoms with Gasteiger partial charge in [0.05, 0.1) is 25.7 Å². The predicted molar refractivity (Wildman–Crippen MR) is 87.3 cm³/mol. The lowest BCUT2D eigenvalue weighted by Crippen LogP contribution is -2.44. The first kappa shape index (κ1) is 20.7. The molecule has 1 aliphatic heterocycles. The summed E-state index contributed by atoms with van der Waals surface area (Å²) in [5.41, 5.74) is -2.03. The van der Waals surface area contributed by atoms with Gasteiger partial charge >= 0.3 is 18.0 Å². The average molecular weight is 354 g/mol. The van der Waals surface area contributed by atoms with Crippen molar-refractivity contribution in [3.05, 3.63) is 0 Å². The second-order valence-electron chi connectivity index (χ2n) is 6.92. The first-order valence-electron chi connectivity index (χ1n) is 8.30. The number of amides is 1. The van der Waals surface area contributed by atoms with Crippen molar-refractivity contribution in [1.29, 1.82) is 5.26 Å². The Bertz CT molecular complexity index is 562. The van der Waals surface area contributed by atoms with Crippen molar-refractivity contribution in [3.63, 3.8) is 0 Å². The van der Waals surface area contributed by atoms with E-state index in [1.54, 1.807) is 34.6 Å². The van der Waals surface area contributed by atoms with Gasteiger partial charge in [0.2, 0.25) is 0 Å². The number of hydrogen-bond donors (Lipinski definition) is 0. The number of nitriles is 1. The summed E-state index contributed by atoms with van der Waals surface area (Å²) >= 11 is 0. The zero-order valence-corrected chi connectivity index (χ0v) is 15.5. The van der Waals surface area contributed by atoms with Gasteiger partial charge in [0.25, 0.3) is 0 Å². The lowest BCUT2D eigenvalue weighted by Gasteiger charge is -2.28. The fourth-order valence-corrected chi connectivity index (χ4v) is 2.73. The Morgan fingerprint density at radius 3 is 2.28 bits per heavy atom. The SMILES string of the molecule is CCOC(=O)[C@@H]1C[C@](CC#N)(C(=O)OCC)CN1C(=O)OC(C)(C)C. The summed E-state index contributed by atoms with van der Waals surface area (Å²) in [7, 11) is 0. The quantitative estimate of drug-likeness (QED) is 0.549. The summed E-state index contributed by atoms with van der Waals surface area (Å²) in [5, 5.41) is 9.14. The van der Waals surface area contributed by atoms with Crippen LogP contribution in [0.15, 0.2) is 0 Å². The maximum absolute atomic E-state index is 12.5. The number of ether oxygens (including phenoxy) is 3. The molecule has 0 unspecified atom stereocenters. The van der Waals surface area contributed by atoms with Gasteiger partial charge in [-0.25, -0.2) is 9.59 Å². The molecule has 2 atom stereocenters. The molecular weight excluding hydrogens is 328 g/mol. The van der Waals surface area contributed by atoms with Crippen molar-refractivity contribution in [3.8, 4) is 6.07 Å². The van der Waals surface area contributed by atoms with Crippen LogP contribution in [0.5, 0.6) is 0 Å². The van der Waals surface area contributed by atoms with Gasteiger partial charge in [-0.2, -0.15) is 5.26 Å². The molecule has 0 saturated carbocycles. The molecule has 0 N–H and O–H groups in total. The minimum absolute atomic E-state index is 0.0303. The van der Waals surface area contributed by atoms with Crippen LogP contribution >= 0.6 is 0 Å². The van der Waals surface area contributed by atoms with Gasteiger partial charge < -0.3 is 14.2 Å².